The standard InChI is InChI=1S/C15H25N5O4S/c1-3-11-25(22,23)19-14-6-5-13(17-18-14)16-12-7-9-20(10-8-12)15(21)24-4-2/h5-6,12H,3-4,7-11H2,1-2H3,(H,16,17)(H,18,19). The molecule has 1 saturated heterocycles. The summed E-state index contributed by atoms with van der Waals surface area (Å²) < 4.78 is 30.8. The molecule has 0 radical (unpaired) electrons. The molecule has 1 aromatic heterocycles. The van der Waals surface area contributed by atoms with Crippen LogP contribution in [0.5, 0.6) is 0 Å². The minimum Gasteiger partial charge on any atom is -0.450 e. The Bertz CT molecular complexity index is 657. The summed E-state index contributed by atoms with van der Waals surface area (Å²) in [5.74, 6) is 0.831. The van der Waals surface area contributed by atoms with Crippen molar-refractivity contribution in [2.24, 2.45) is 0 Å². The SMILES string of the molecule is CCCS(=O)(=O)Nc1ccc(NC2CCN(C(=O)OCC)CC2)nn1. The van der Waals surface area contributed by atoms with Gasteiger partial charge in [0, 0.05) is 19.1 Å². The smallest absolute Gasteiger partial charge is 0.409 e. The van der Waals surface area contributed by atoms with Gasteiger partial charge in [0.25, 0.3) is 0 Å². The first kappa shape index (κ1) is 19.2. The van der Waals surface area contributed by atoms with E-state index in [1.54, 1.807) is 30.9 Å². The highest BCUT2D eigenvalue weighted by atomic mass is 32.2. The highest BCUT2D eigenvalue weighted by Crippen LogP contribution is 2.16. The summed E-state index contributed by atoms with van der Waals surface area (Å²) in [5, 5.41) is 11.2. The zero-order valence-electron chi connectivity index (χ0n) is 14.6. The molecule has 1 amide bonds. The molecular weight excluding hydrogens is 346 g/mol. The van der Waals surface area contributed by atoms with Gasteiger partial charge in [-0.3, -0.25) is 4.72 Å². The number of amides is 1. The normalized spacial score (nSPS) is 15.7. The Kier molecular flexibility index (Phi) is 6.80. The van der Waals surface area contributed by atoms with Gasteiger partial charge in [0.15, 0.2) is 5.82 Å². The number of anilines is 2. The summed E-state index contributed by atoms with van der Waals surface area (Å²) in [4.78, 5) is 13.4. The summed E-state index contributed by atoms with van der Waals surface area (Å²) in [6, 6.07) is 3.45. The number of rotatable bonds is 7. The molecule has 140 valence electrons. The predicted molar refractivity (Wildman–Crippen MR) is 95.0 cm³/mol. The summed E-state index contributed by atoms with van der Waals surface area (Å²) in [7, 11) is -3.37. The van der Waals surface area contributed by atoms with Crippen LogP contribution in [0.1, 0.15) is 33.1 Å². The quantitative estimate of drug-likeness (QED) is 0.749. The first-order valence-corrected chi connectivity index (χ1v) is 10.1. The van der Waals surface area contributed by atoms with Crippen LogP contribution in [0.4, 0.5) is 16.4 Å². The van der Waals surface area contributed by atoms with Crippen molar-refractivity contribution < 1.29 is 17.9 Å². The fraction of sp³-hybridized carbons (Fsp3) is 0.667. The first-order chi connectivity index (χ1) is 11.9. The molecule has 1 fully saturated rings. The first-order valence-electron chi connectivity index (χ1n) is 8.46. The van der Waals surface area contributed by atoms with Gasteiger partial charge in [-0.1, -0.05) is 6.92 Å². The van der Waals surface area contributed by atoms with Gasteiger partial charge in [0.05, 0.1) is 12.4 Å². The number of piperidine rings is 1. The molecule has 2 heterocycles. The molecule has 0 bridgehead atoms. The van der Waals surface area contributed by atoms with Crippen LogP contribution in [0.15, 0.2) is 12.1 Å². The van der Waals surface area contributed by atoms with Gasteiger partial charge in [-0.2, -0.15) is 0 Å². The van der Waals surface area contributed by atoms with Crippen molar-refractivity contribution in [2.45, 2.75) is 39.2 Å². The molecule has 0 atom stereocenters. The van der Waals surface area contributed by atoms with E-state index in [1.807, 2.05) is 0 Å². The van der Waals surface area contributed by atoms with Crippen LogP contribution in [-0.2, 0) is 14.8 Å². The lowest BCUT2D eigenvalue weighted by molar-refractivity contribution is 0.0983. The molecule has 1 aromatic rings. The molecule has 2 rings (SSSR count). The largest absolute Gasteiger partial charge is 0.450 e. The maximum absolute atomic E-state index is 11.7. The van der Waals surface area contributed by atoms with E-state index in [0.29, 0.717) is 31.9 Å². The number of nitrogens with zero attached hydrogens (tertiary/aromatic N) is 3. The van der Waals surface area contributed by atoms with Crippen molar-refractivity contribution in [3.8, 4) is 0 Å². The number of nitrogens with one attached hydrogen (secondary N) is 2. The van der Waals surface area contributed by atoms with Crippen LogP contribution in [0.2, 0.25) is 0 Å². The molecule has 9 nitrogen and oxygen atoms in total. The van der Waals surface area contributed by atoms with Crippen molar-refractivity contribution in [1.29, 1.82) is 0 Å². The number of carbonyl (C=O) groups is 1. The average molecular weight is 371 g/mol. The number of hydrogen-bond donors (Lipinski definition) is 2. The lowest BCUT2D eigenvalue weighted by atomic mass is 10.1. The number of hydrogen-bond acceptors (Lipinski definition) is 7. The van der Waals surface area contributed by atoms with Gasteiger partial charge in [-0.15, -0.1) is 10.2 Å². The number of sulfonamides is 1. The summed E-state index contributed by atoms with van der Waals surface area (Å²) in [5.41, 5.74) is 0. The number of carbonyl (C=O) groups excluding carboxylic acids is 1. The van der Waals surface area contributed by atoms with Crippen molar-refractivity contribution in [1.82, 2.24) is 15.1 Å². The van der Waals surface area contributed by atoms with E-state index in [-0.39, 0.29) is 23.7 Å². The molecular formula is C15H25N5O4S. The number of likely N-dealkylation sites (tertiary alicyclic amines) is 1. The zero-order valence-corrected chi connectivity index (χ0v) is 15.4. The van der Waals surface area contributed by atoms with Gasteiger partial charge in [-0.25, -0.2) is 13.2 Å². The summed E-state index contributed by atoms with van der Waals surface area (Å²) in [6.07, 6.45) is 1.83. The van der Waals surface area contributed by atoms with E-state index in [0.717, 1.165) is 12.8 Å². The van der Waals surface area contributed by atoms with Crippen LogP contribution in [0.3, 0.4) is 0 Å². The summed E-state index contributed by atoms with van der Waals surface area (Å²) >= 11 is 0. The van der Waals surface area contributed by atoms with Crippen molar-refractivity contribution in [3.63, 3.8) is 0 Å². The maximum atomic E-state index is 11.7. The Balaban J connectivity index is 1.83. The van der Waals surface area contributed by atoms with Crippen LogP contribution >= 0.6 is 0 Å². The lowest BCUT2D eigenvalue weighted by Crippen LogP contribution is -2.42. The minimum atomic E-state index is -3.37. The van der Waals surface area contributed by atoms with E-state index in [9.17, 15) is 13.2 Å². The second-order valence-electron chi connectivity index (χ2n) is 5.83. The van der Waals surface area contributed by atoms with Gasteiger partial charge >= 0.3 is 6.09 Å². The Morgan fingerprint density at radius 2 is 1.88 bits per heavy atom. The van der Waals surface area contributed by atoms with Crippen LogP contribution in [-0.4, -0.2) is 61.1 Å². The minimum absolute atomic E-state index is 0.0493. The highest BCUT2D eigenvalue weighted by molar-refractivity contribution is 7.92. The van der Waals surface area contributed by atoms with Gasteiger partial charge in [0.2, 0.25) is 10.0 Å². The molecule has 25 heavy (non-hydrogen) atoms. The third-order valence-corrected chi connectivity index (χ3v) is 5.24. The monoisotopic (exact) mass is 371 g/mol. The molecule has 1 aliphatic rings. The Morgan fingerprint density at radius 3 is 2.44 bits per heavy atom. The van der Waals surface area contributed by atoms with Crippen molar-refractivity contribution in [2.75, 3.05) is 35.5 Å². The van der Waals surface area contributed by atoms with Gasteiger partial charge < -0.3 is 15.0 Å². The molecule has 2 N–H and O–H groups in total. The molecule has 0 saturated carbocycles. The third-order valence-electron chi connectivity index (χ3n) is 3.77. The number of aromatic nitrogens is 2. The summed E-state index contributed by atoms with van der Waals surface area (Å²) in [6.45, 7) is 5.21. The second kappa shape index (κ2) is 8.84. The second-order valence-corrected chi connectivity index (χ2v) is 7.67. The fourth-order valence-electron chi connectivity index (χ4n) is 2.57. The topological polar surface area (TPSA) is 114 Å². The van der Waals surface area contributed by atoms with Crippen molar-refractivity contribution in [3.05, 3.63) is 12.1 Å². The Hall–Kier alpha value is -2.10. The van der Waals surface area contributed by atoms with Crippen LogP contribution in [0.25, 0.3) is 0 Å². The molecule has 0 aromatic carbocycles. The third kappa shape index (κ3) is 6.04. The lowest BCUT2D eigenvalue weighted by Gasteiger charge is -2.31. The molecule has 1 aliphatic heterocycles. The van der Waals surface area contributed by atoms with Crippen LogP contribution in [0, 0.1) is 0 Å². The molecule has 0 spiro atoms. The Morgan fingerprint density at radius 1 is 1.24 bits per heavy atom. The molecule has 0 aliphatic carbocycles. The Labute approximate surface area is 148 Å². The molecule has 10 heteroatoms. The fourth-order valence-corrected chi connectivity index (χ4v) is 3.64. The van der Waals surface area contributed by atoms with Gasteiger partial charge in [0.1, 0.15) is 5.82 Å². The zero-order chi connectivity index (χ0) is 18.3. The van der Waals surface area contributed by atoms with Crippen molar-refractivity contribution >= 4 is 27.8 Å². The van der Waals surface area contributed by atoms with E-state index in [2.05, 4.69) is 20.2 Å². The predicted octanol–water partition coefficient (Wildman–Crippen LogP) is 1.66. The van der Waals surface area contributed by atoms with E-state index in [4.69, 9.17) is 4.74 Å². The molecule has 0 unspecified atom stereocenters. The highest BCUT2D eigenvalue weighted by Gasteiger charge is 2.23. The number of ether oxygens (including phenoxy) is 1. The van der Waals surface area contributed by atoms with E-state index in [1.165, 1.54) is 0 Å². The van der Waals surface area contributed by atoms with E-state index < -0.39 is 10.0 Å². The van der Waals surface area contributed by atoms with Crippen LogP contribution < -0.4 is 10.0 Å². The average Bonchev–Trinajstić information content (AvgIpc) is 2.57. The van der Waals surface area contributed by atoms with Gasteiger partial charge in [-0.05, 0) is 38.3 Å². The van der Waals surface area contributed by atoms with E-state index >= 15 is 0 Å². The maximum Gasteiger partial charge on any atom is 0.409 e.